The van der Waals surface area contributed by atoms with Crippen LogP contribution in [-0.4, -0.2) is 21.9 Å². The van der Waals surface area contributed by atoms with E-state index < -0.39 is 6.10 Å². The van der Waals surface area contributed by atoms with Crippen LogP contribution in [0.1, 0.15) is 42.2 Å². The summed E-state index contributed by atoms with van der Waals surface area (Å²) >= 11 is 0. The van der Waals surface area contributed by atoms with Gasteiger partial charge in [-0.1, -0.05) is 43.3 Å². The van der Waals surface area contributed by atoms with Crippen LogP contribution >= 0.6 is 0 Å². The van der Waals surface area contributed by atoms with E-state index in [-0.39, 0.29) is 18.4 Å². The van der Waals surface area contributed by atoms with E-state index in [0.717, 1.165) is 6.42 Å². The van der Waals surface area contributed by atoms with E-state index in [2.05, 4.69) is 24.4 Å². The SMILES string of the molecule is CCC(NCC(O)c1ccc(O)c(CO)c1)c1ccccc1. The Morgan fingerprint density at radius 3 is 2.41 bits per heavy atom. The number of aliphatic hydroxyl groups is 2. The smallest absolute Gasteiger partial charge is 0.121 e. The molecule has 0 bridgehead atoms. The molecule has 2 atom stereocenters. The zero-order valence-corrected chi connectivity index (χ0v) is 12.7. The molecule has 0 aliphatic rings. The van der Waals surface area contributed by atoms with Crippen molar-refractivity contribution in [2.75, 3.05) is 6.54 Å². The van der Waals surface area contributed by atoms with E-state index in [4.69, 9.17) is 0 Å². The minimum absolute atomic E-state index is 0.0436. The van der Waals surface area contributed by atoms with Crippen LogP contribution in [0.3, 0.4) is 0 Å². The second-order valence-corrected chi connectivity index (χ2v) is 5.34. The normalized spacial score (nSPS) is 13.8. The Kier molecular flexibility index (Phi) is 5.95. The van der Waals surface area contributed by atoms with Crippen LogP contribution in [0.2, 0.25) is 0 Å². The highest BCUT2D eigenvalue weighted by atomic mass is 16.3. The van der Waals surface area contributed by atoms with Gasteiger partial charge in [0.25, 0.3) is 0 Å². The second-order valence-electron chi connectivity index (χ2n) is 5.34. The first kappa shape index (κ1) is 16.5. The fourth-order valence-corrected chi connectivity index (χ4v) is 2.49. The van der Waals surface area contributed by atoms with Crippen LogP contribution in [-0.2, 0) is 6.61 Å². The minimum atomic E-state index is -0.691. The number of hydrogen-bond acceptors (Lipinski definition) is 4. The number of rotatable bonds is 7. The van der Waals surface area contributed by atoms with Gasteiger partial charge in [0.2, 0.25) is 0 Å². The average molecular weight is 301 g/mol. The molecule has 2 aromatic carbocycles. The third-order valence-electron chi connectivity index (χ3n) is 3.83. The van der Waals surface area contributed by atoms with Crippen molar-refractivity contribution in [3.63, 3.8) is 0 Å². The lowest BCUT2D eigenvalue weighted by molar-refractivity contribution is 0.169. The van der Waals surface area contributed by atoms with Gasteiger partial charge < -0.3 is 20.6 Å². The summed E-state index contributed by atoms with van der Waals surface area (Å²) in [7, 11) is 0. The number of aromatic hydroxyl groups is 1. The number of benzene rings is 2. The molecular formula is C18H23NO3. The van der Waals surface area contributed by atoms with Crippen LogP contribution in [0, 0.1) is 0 Å². The zero-order valence-electron chi connectivity index (χ0n) is 12.7. The minimum Gasteiger partial charge on any atom is -0.508 e. The molecule has 0 heterocycles. The third kappa shape index (κ3) is 4.07. The lowest BCUT2D eigenvalue weighted by atomic mass is 10.0. The van der Waals surface area contributed by atoms with Crippen LogP contribution < -0.4 is 5.32 Å². The van der Waals surface area contributed by atoms with E-state index in [1.807, 2.05) is 18.2 Å². The van der Waals surface area contributed by atoms with Gasteiger partial charge in [-0.2, -0.15) is 0 Å². The molecule has 0 spiro atoms. The summed E-state index contributed by atoms with van der Waals surface area (Å²) in [6.45, 7) is 2.26. The molecule has 22 heavy (non-hydrogen) atoms. The molecule has 4 heteroatoms. The van der Waals surface area contributed by atoms with E-state index in [0.29, 0.717) is 17.7 Å². The average Bonchev–Trinajstić information content (AvgIpc) is 2.56. The van der Waals surface area contributed by atoms with Gasteiger partial charge in [0, 0.05) is 18.2 Å². The van der Waals surface area contributed by atoms with Crippen molar-refractivity contribution in [3.8, 4) is 5.75 Å². The van der Waals surface area contributed by atoms with Crippen LogP contribution in [0.25, 0.3) is 0 Å². The molecule has 0 aromatic heterocycles. The summed E-state index contributed by atoms with van der Waals surface area (Å²) < 4.78 is 0. The molecule has 2 unspecified atom stereocenters. The number of hydrogen-bond donors (Lipinski definition) is 4. The molecule has 0 aliphatic heterocycles. The summed E-state index contributed by atoms with van der Waals surface area (Å²) in [4.78, 5) is 0. The highest BCUT2D eigenvalue weighted by Gasteiger charge is 2.14. The van der Waals surface area contributed by atoms with E-state index in [1.54, 1.807) is 12.1 Å². The summed E-state index contributed by atoms with van der Waals surface area (Å²) in [6.07, 6.45) is 0.234. The highest BCUT2D eigenvalue weighted by molar-refractivity contribution is 5.36. The van der Waals surface area contributed by atoms with Gasteiger partial charge in [0.05, 0.1) is 12.7 Å². The molecule has 0 fully saturated rings. The number of phenols is 1. The van der Waals surface area contributed by atoms with Gasteiger partial charge in [-0.15, -0.1) is 0 Å². The predicted octanol–water partition coefficient (Wildman–Crippen LogP) is 2.66. The zero-order chi connectivity index (χ0) is 15.9. The van der Waals surface area contributed by atoms with Crippen molar-refractivity contribution in [1.29, 1.82) is 0 Å². The fourth-order valence-electron chi connectivity index (χ4n) is 2.49. The molecule has 0 aliphatic carbocycles. The van der Waals surface area contributed by atoms with Crippen LogP contribution in [0.4, 0.5) is 0 Å². The molecule has 0 radical (unpaired) electrons. The largest absolute Gasteiger partial charge is 0.508 e. The molecule has 0 saturated heterocycles. The lowest BCUT2D eigenvalue weighted by Crippen LogP contribution is -2.26. The van der Waals surface area contributed by atoms with Gasteiger partial charge in [0.1, 0.15) is 5.75 Å². The Morgan fingerprint density at radius 1 is 1.05 bits per heavy atom. The number of nitrogens with one attached hydrogen (secondary N) is 1. The Bertz CT molecular complexity index is 586. The van der Waals surface area contributed by atoms with E-state index in [9.17, 15) is 15.3 Å². The second kappa shape index (κ2) is 7.94. The first-order valence-electron chi connectivity index (χ1n) is 7.54. The molecule has 4 N–H and O–H groups in total. The topological polar surface area (TPSA) is 72.7 Å². The van der Waals surface area contributed by atoms with Gasteiger partial charge in [-0.3, -0.25) is 0 Å². The Balaban J connectivity index is 2.01. The maximum absolute atomic E-state index is 10.3. The Morgan fingerprint density at radius 2 is 1.77 bits per heavy atom. The van der Waals surface area contributed by atoms with Crippen molar-refractivity contribution in [3.05, 3.63) is 65.2 Å². The molecule has 0 saturated carbocycles. The van der Waals surface area contributed by atoms with Gasteiger partial charge >= 0.3 is 0 Å². The molecule has 118 valence electrons. The van der Waals surface area contributed by atoms with Crippen molar-refractivity contribution in [2.45, 2.75) is 32.1 Å². The highest BCUT2D eigenvalue weighted by Crippen LogP contribution is 2.23. The quantitative estimate of drug-likeness (QED) is 0.634. The maximum Gasteiger partial charge on any atom is 0.121 e. The van der Waals surface area contributed by atoms with Gasteiger partial charge in [0.15, 0.2) is 0 Å². The summed E-state index contributed by atoms with van der Waals surface area (Å²) in [5, 5.41) is 32.4. The van der Waals surface area contributed by atoms with Crippen LogP contribution in [0.15, 0.2) is 48.5 Å². The molecular weight excluding hydrogens is 278 g/mol. The first-order chi connectivity index (χ1) is 10.7. The monoisotopic (exact) mass is 301 g/mol. The standard InChI is InChI=1S/C18H23NO3/c1-2-16(13-6-4-3-5-7-13)19-11-18(22)14-8-9-17(21)15(10-14)12-20/h3-10,16,18-22H,2,11-12H2,1H3. The third-order valence-corrected chi connectivity index (χ3v) is 3.83. The summed E-state index contributed by atoms with van der Waals surface area (Å²) in [5.74, 6) is 0.0436. The molecule has 2 rings (SSSR count). The molecule has 2 aromatic rings. The lowest BCUT2D eigenvalue weighted by Gasteiger charge is -2.20. The molecule has 4 nitrogen and oxygen atoms in total. The van der Waals surface area contributed by atoms with Crippen molar-refractivity contribution in [1.82, 2.24) is 5.32 Å². The van der Waals surface area contributed by atoms with Crippen LogP contribution in [0.5, 0.6) is 5.75 Å². The van der Waals surface area contributed by atoms with Crippen molar-refractivity contribution in [2.24, 2.45) is 0 Å². The molecule has 0 amide bonds. The Labute approximate surface area is 131 Å². The predicted molar refractivity (Wildman–Crippen MR) is 86.5 cm³/mol. The van der Waals surface area contributed by atoms with Crippen molar-refractivity contribution < 1.29 is 15.3 Å². The van der Waals surface area contributed by atoms with E-state index >= 15 is 0 Å². The van der Waals surface area contributed by atoms with Gasteiger partial charge in [-0.25, -0.2) is 0 Å². The van der Waals surface area contributed by atoms with E-state index in [1.165, 1.54) is 11.6 Å². The Hall–Kier alpha value is -1.88. The first-order valence-corrected chi connectivity index (χ1v) is 7.54. The maximum atomic E-state index is 10.3. The van der Waals surface area contributed by atoms with Crippen molar-refractivity contribution >= 4 is 0 Å². The fraction of sp³-hybridized carbons (Fsp3) is 0.333. The number of aliphatic hydroxyl groups excluding tert-OH is 2. The summed E-state index contributed by atoms with van der Waals surface area (Å²) in [5.41, 5.74) is 2.29. The van der Waals surface area contributed by atoms with Gasteiger partial charge in [-0.05, 0) is 29.7 Å². The summed E-state index contributed by atoms with van der Waals surface area (Å²) in [6, 6.07) is 15.1.